The largest absolute Gasteiger partial charge is 0.305 e. The first-order chi connectivity index (χ1) is 9.25. The zero-order valence-corrected chi connectivity index (χ0v) is 12.8. The molecule has 0 unspecified atom stereocenters. The van der Waals surface area contributed by atoms with Crippen molar-refractivity contribution in [3.8, 4) is 11.4 Å². The number of nitrogens with zero attached hydrogens (tertiary/aromatic N) is 3. The molecule has 0 amide bonds. The van der Waals surface area contributed by atoms with E-state index in [1.165, 1.54) is 0 Å². The predicted octanol–water partition coefficient (Wildman–Crippen LogP) is 4.01. The Hall–Kier alpha value is -1.37. The fraction of sp³-hybridized carbons (Fsp3) is 0.385. The maximum Gasteiger partial charge on any atom is 0.170 e. The molecule has 0 aliphatic carbocycles. The van der Waals surface area contributed by atoms with E-state index in [9.17, 15) is 13.2 Å². The summed E-state index contributed by atoms with van der Waals surface area (Å²) in [6.07, 6.45) is 0. The molecule has 0 fully saturated rings. The third kappa shape index (κ3) is 2.59. The topological polar surface area (TPSA) is 30.7 Å². The summed E-state index contributed by atoms with van der Waals surface area (Å²) in [7, 11) is 0. The van der Waals surface area contributed by atoms with E-state index in [-0.39, 0.29) is 11.4 Å². The molecule has 2 aromatic rings. The molecule has 0 saturated carbocycles. The average molecular weight is 348 g/mol. The van der Waals surface area contributed by atoms with Gasteiger partial charge in [0.1, 0.15) is 23.3 Å². The van der Waals surface area contributed by atoms with Crippen LogP contribution >= 0.6 is 15.9 Å². The minimum Gasteiger partial charge on any atom is -0.305 e. The summed E-state index contributed by atoms with van der Waals surface area (Å²) >= 11 is 3.26. The molecule has 0 atom stereocenters. The number of hydrogen-bond donors (Lipinski definition) is 0. The molecule has 0 aliphatic heterocycles. The Labute approximate surface area is 123 Å². The van der Waals surface area contributed by atoms with Crippen LogP contribution in [0.2, 0.25) is 0 Å². The second kappa shape index (κ2) is 5.20. The summed E-state index contributed by atoms with van der Waals surface area (Å²) in [4.78, 5) is 0. The Morgan fingerprint density at radius 3 is 2.10 bits per heavy atom. The lowest BCUT2D eigenvalue weighted by atomic mass is 10.1. The fourth-order valence-electron chi connectivity index (χ4n) is 2.03. The van der Waals surface area contributed by atoms with E-state index in [0.717, 1.165) is 0 Å². The van der Waals surface area contributed by atoms with Gasteiger partial charge >= 0.3 is 0 Å². The molecule has 7 heteroatoms. The van der Waals surface area contributed by atoms with E-state index in [4.69, 9.17) is 0 Å². The molecule has 0 N–H and O–H groups in total. The number of alkyl halides is 1. The van der Waals surface area contributed by atoms with Crippen molar-refractivity contribution in [1.82, 2.24) is 14.8 Å². The quantitative estimate of drug-likeness (QED) is 0.768. The van der Waals surface area contributed by atoms with Gasteiger partial charge in [0.15, 0.2) is 5.82 Å². The van der Waals surface area contributed by atoms with Gasteiger partial charge in [0, 0.05) is 17.7 Å². The van der Waals surface area contributed by atoms with Crippen LogP contribution in [0.15, 0.2) is 12.1 Å². The zero-order chi connectivity index (χ0) is 15.1. The lowest BCUT2D eigenvalue weighted by Gasteiger charge is -2.24. The highest BCUT2D eigenvalue weighted by Gasteiger charge is 2.27. The number of rotatable bonds is 2. The lowest BCUT2D eigenvalue weighted by molar-refractivity contribution is 0.389. The first-order valence-corrected chi connectivity index (χ1v) is 7.03. The van der Waals surface area contributed by atoms with E-state index in [2.05, 4.69) is 26.1 Å². The molecule has 3 nitrogen and oxygen atoms in total. The molecule has 0 aliphatic rings. The molecular weight excluding hydrogens is 335 g/mol. The van der Waals surface area contributed by atoms with Crippen molar-refractivity contribution in [3.63, 3.8) is 0 Å². The highest BCUT2D eigenvalue weighted by atomic mass is 79.9. The van der Waals surface area contributed by atoms with Crippen LogP contribution in [-0.2, 0) is 10.9 Å². The standard InChI is InChI=1S/C13H13BrF3N3/c1-13(2,3)20-10(6-14)18-19-12(20)11-8(16)4-7(15)5-9(11)17/h4-5H,6H2,1-3H3. The predicted molar refractivity (Wildman–Crippen MR) is 73.0 cm³/mol. The van der Waals surface area contributed by atoms with Crippen molar-refractivity contribution in [2.75, 3.05) is 0 Å². The van der Waals surface area contributed by atoms with Crippen LogP contribution in [0.25, 0.3) is 11.4 Å². The summed E-state index contributed by atoms with van der Waals surface area (Å²) < 4.78 is 42.4. The van der Waals surface area contributed by atoms with Gasteiger partial charge in [0.05, 0.1) is 10.9 Å². The van der Waals surface area contributed by atoms with Crippen molar-refractivity contribution in [2.24, 2.45) is 0 Å². The second-order valence-corrected chi connectivity index (χ2v) is 5.88. The highest BCUT2D eigenvalue weighted by Crippen LogP contribution is 2.30. The number of benzene rings is 1. The van der Waals surface area contributed by atoms with Gasteiger partial charge < -0.3 is 4.57 Å². The molecule has 108 valence electrons. The molecular formula is C13H13BrF3N3. The lowest BCUT2D eigenvalue weighted by Crippen LogP contribution is -2.25. The summed E-state index contributed by atoms with van der Waals surface area (Å²) in [5, 5.41) is 8.17. The van der Waals surface area contributed by atoms with Gasteiger partial charge in [0.2, 0.25) is 0 Å². The normalized spacial score (nSPS) is 11.9. The summed E-state index contributed by atoms with van der Waals surface area (Å²) in [5.41, 5.74) is -0.851. The van der Waals surface area contributed by atoms with Crippen LogP contribution in [0.3, 0.4) is 0 Å². The third-order valence-electron chi connectivity index (χ3n) is 2.75. The van der Waals surface area contributed by atoms with Crippen molar-refractivity contribution in [1.29, 1.82) is 0 Å². The molecule has 20 heavy (non-hydrogen) atoms. The molecule has 0 radical (unpaired) electrons. The number of halogens is 4. The van der Waals surface area contributed by atoms with Gasteiger partial charge in [-0.3, -0.25) is 0 Å². The first-order valence-electron chi connectivity index (χ1n) is 5.91. The number of aromatic nitrogens is 3. The monoisotopic (exact) mass is 347 g/mol. The molecule has 0 saturated heterocycles. The van der Waals surface area contributed by atoms with E-state index in [0.29, 0.717) is 23.3 Å². The molecule has 0 bridgehead atoms. The van der Waals surface area contributed by atoms with E-state index in [1.807, 2.05) is 20.8 Å². The minimum absolute atomic E-state index is 0.0435. The summed E-state index contributed by atoms with van der Waals surface area (Å²) in [5.74, 6) is -2.38. The van der Waals surface area contributed by atoms with Gasteiger partial charge in [-0.2, -0.15) is 0 Å². The van der Waals surface area contributed by atoms with Crippen LogP contribution in [-0.4, -0.2) is 14.8 Å². The van der Waals surface area contributed by atoms with Gasteiger partial charge in [-0.25, -0.2) is 13.2 Å². The molecule has 2 rings (SSSR count). The molecule has 1 heterocycles. The van der Waals surface area contributed by atoms with Crippen LogP contribution in [0, 0.1) is 17.5 Å². The Morgan fingerprint density at radius 1 is 1.10 bits per heavy atom. The van der Waals surface area contributed by atoms with Gasteiger partial charge in [-0.1, -0.05) is 15.9 Å². The van der Waals surface area contributed by atoms with Crippen LogP contribution in [0.5, 0.6) is 0 Å². The SMILES string of the molecule is CC(C)(C)n1c(CBr)nnc1-c1c(F)cc(F)cc1F. The average Bonchev–Trinajstić information content (AvgIpc) is 2.70. The van der Waals surface area contributed by atoms with Crippen LogP contribution in [0.1, 0.15) is 26.6 Å². The van der Waals surface area contributed by atoms with E-state index in [1.54, 1.807) is 4.57 Å². The Morgan fingerprint density at radius 2 is 1.65 bits per heavy atom. The zero-order valence-electron chi connectivity index (χ0n) is 11.2. The molecule has 1 aromatic carbocycles. The maximum absolute atomic E-state index is 13.9. The Bertz CT molecular complexity index is 624. The van der Waals surface area contributed by atoms with Crippen LogP contribution < -0.4 is 0 Å². The highest BCUT2D eigenvalue weighted by molar-refractivity contribution is 9.08. The van der Waals surface area contributed by atoms with Crippen LogP contribution in [0.4, 0.5) is 13.2 Å². The Balaban J connectivity index is 2.75. The van der Waals surface area contributed by atoms with Gasteiger partial charge in [0.25, 0.3) is 0 Å². The van der Waals surface area contributed by atoms with Crippen molar-refractivity contribution >= 4 is 15.9 Å². The minimum atomic E-state index is -0.999. The van der Waals surface area contributed by atoms with Crippen molar-refractivity contribution in [2.45, 2.75) is 31.6 Å². The van der Waals surface area contributed by atoms with Crippen molar-refractivity contribution < 1.29 is 13.2 Å². The number of hydrogen-bond acceptors (Lipinski definition) is 2. The van der Waals surface area contributed by atoms with Gasteiger partial charge in [-0.15, -0.1) is 10.2 Å². The maximum atomic E-state index is 13.9. The Kier molecular flexibility index (Phi) is 3.90. The van der Waals surface area contributed by atoms with Gasteiger partial charge in [-0.05, 0) is 20.8 Å². The van der Waals surface area contributed by atoms with Crippen molar-refractivity contribution in [3.05, 3.63) is 35.4 Å². The second-order valence-electron chi connectivity index (χ2n) is 5.32. The third-order valence-corrected chi connectivity index (χ3v) is 3.25. The smallest absolute Gasteiger partial charge is 0.170 e. The first kappa shape index (κ1) is 15.0. The fourth-order valence-corrected chi connectivity index (χ4v) is 2.39. The summed E-state index contributed by atoms with van der Waals surface area (Å²) in [6, 6.07) is 1.27. The summed E-state index contributed by atoms with van der Waals surface area (Å²) in [6.45, 7) is 5.60. The molecule has 1 aromatic heterocycles. The van der Waals surface area contributed by atoms with E-state index < -0.39 is 23.0 Å². The molecule has 0 spiro atoms. The van der Waals surface area contributed by atoms with E-state index >= 15 is 0 Å².